The van der Waals surface area contributed by atoms with Gasteiger partial charge < -0.3 is 19.3 Å². The van der Waals surface area contributed by atoms with Crippen LogP contribution in [0.1, 0.15) is 21.5 Å². The summed E-state index contributed by atoms with van der Waals surface area (Å²) in [6.45, 7) is 0. The summed E-state index contributed by atoms with van der Waals surface area (Å²) in [4.78, 5) is 23.4. The third-order valence-electron chi connectivity index (χ3n) is 3.74. The van der Waals surface area contributed by atoms with Crippen LogP contribution in [-0.2, 0) is 11.2 Å². The Morgan fingerprint density at radius 3 is 2.19 bits per heavy atom. The van der Waals surface area contributed by atoms with Gasteiger partial charge in [-0.1, -0.05) is 12.1 Å². The molecule has 2 rings (SSSR count). The van der Waals surface area contributed by atoms with E-state index >= 15 is 0 Å². The van der Waals surface area contributed by atoms with Crippen molar-refractivity contribution in [3.8, 4) is 17.2 Å². The number of carbonyl (C=O) groups is 2. The summed E-state index contributed by atoms with van der Waals surface area (Å²) in [7, 11) is 4.55. The van der Waals surface area contributed by atoms with Crippen LogP contribution in [0.5, 0.6) is 17.2 Å². The number of hydrogen-bond donors (Lipinski definition) is 1. The molecule has 0 heterocycles. The Morgan fingerprint density at radius 1 is 0.923 bits per heavy atom. The molecular formula is C20H20O6. The first-order chi connectivity index (χ1) is 12.5. The molecule has 0 radical (unpaired) electrons. The molecule has 2 aromatic rings. The normalized spacial score (nSPS) is 10.6. The molecule has 0 saturated heterocycles. The van der Waals surface area contributed by atoms with Gasteiger partial charge in [0, 0.05) is 11.1 Å². The van der Waals surface area contributed by atoms with Gasteiger partial charge in [0.25, 0.3) is 0 Å². The molecule has 0 spiro atoms. The Balaban J connectivity index is 2.24. The molecule has 0 aliphatic heterocycles. The lowest BCUT2D eigenvalue weighted by Gasteiger charge is -2.08. The highest BCUT2D eigenvalue weighted by atomic mass is 16.5. The largest absolute Gasteiger partial charge is 0.496 e. The van der Waals surface area contributed by atoms with E-state index in [0.717, 1.165) is 5.56 Å². The molecule has 0 aliphatic carbocycles. The molecule has 0 aliphatic rings. The van der Waals surface area contributed by atoms with E-state index in [1.54, 1.807) is 43.5 Å². The fraction of sp³-hybridized carbons (Fsp3) is 0.200. The predicted molar refractivity (Wildman–Crippen MR) is 97.2 cm³/mol. The SMILES string of the molecule is COc1ccc(C(=O)C=Cc2ccc(OC)c(OC)c2)cc1CC(=O)O. The van der Waals surface area contributed by atoms with Crippen LogP contribution in [-0.4, -0.2) is 38.2 Å². The number of rotatable bonds is 8. The number of ether oxygens (including phenoxy) is 3. The van der Waals surface area contributed by atoms with E-state index in [1.165, 1.54) is 26.4 Å². The second kappa shape index (κ2) is 8.71. The van der Waals surface area contributed by atoms with Crippen molar-refractivity contribution in [2.75, 3.05) is 21.3 Å². The van der Waals surface area contributed by atoms with Crippen molar-refractivity contribution in [3.05, 3.63) is 59.2 Å². The first kappa shape index (κ1) is 19.1. The number of aliphatic carboxylic acids is 1. The van der Waals surface area contributed by atoms with Crippen LogP contribution in [0.25, 0.3) is 6.08 Å². The van der Waals surface area contributed by atoms with Crippen molar-refractivity contribution >= 4 is 17.8 Å². The third kappa shape index (κ3) is 4.63. The van der Waals surface area contributed by atoms with Crippen molar-refractivity contribution in [3.63, 3.8) is 0 Å². The molecule has 0 aromatic heterocycles. The van der Waals surface area contributed by atoms with Crippen LogP contribution in [0.15, 0.2) is 42.5 Å². The average Bonchev–Trinajstić information content (AvgIpc) is 2.65. The molecule has 0 unspecified atom stereocenters. The van der Waals surface area contributed by atoms with Crippen LogP contribution in [0, 0.1) is 0 Å². The van der Waals surface area contributed by atoms with E-state index in [2.05, 4.69) is 0 Å². The number of ketones is 1. The summed E-state index contributed by atoms with van der Waals surface area (Å²) in [6.07, 6.45) is 2.86. The van der Waals surface area contributed by atoms with Crippen molar-refractivity contribution in [2.45, 2.75) is 6.42 Å². The third-order valence-corrected chi connectivity index (χ3v) is 3.74. The zero-order valence-corrected chi connectivity index (χ0v) is 14.8. The summed E-state index contributed by atoms with van der Waals surface area (Å²) in [5.74, 6) is 0.371. The molecule has 0 fully saturated rings. The van der Waals surface area contributed by atoms with Gasteiger partial charge in [0.1, 0.15) is 5.75 Å². The van der Waals surface area contributed by atoms with Gasteiger partial charge in [-0.15, -0.1) is 0 Å². The van der Waals surface area contributed by atoms with Crippen LogP contribution in [0.2, 0.25) is 0 Å². The van der Waals surface area contributed by atoms with Crippen LogP contribution < -0.4 is 14.2 Å². The second-order valence-electron chi connectivity index (χ2n) is 5.41. The van der Waals surface area contributed by atoms with E-state index in [0.29, 0.717) is 28.4 Å². The Morgan fingerprint density at radius 2 is 1.58 bits per heavy atom. The number of methoxy groups -OCH3 is 3. The highest BCUT2D eigenvalue weighted by Gasteiger charge is 2.11. The number of allylic oxidation sites excluding steroid dienone is 1. The standard InChI is InChI=1S/C20H20O6/c1-24-17-9-6-14(11-15(17)12-20(22)23)16(21)7-4-13-5-8-18(25-2)19(10-13)26-3/h4-11H,12H2,1-3H3,(H,22,23). The maximum Gasteiger partial charge on any atom is 0.307 e. The molecule has 0 saturated carbocycles. The van der Waals surface area contributed by atoms with E-state index in [-0.39, 0.29) is 12.2 Å². The molecule has 6 heteroatoms. The zero-order chi connectivity index (χ0) is 19.1. The summed E-state index contributed by atoms with van der Waals surface area (Å²) in [5, 5.41) is 8.98. The van der Waals surface area contributed by atoms with Gasteiger partial charge in [0.2, 0.25) is 0 Å². The molecule has 2 aromatic carbocycles. The highest BCUT2D eigenvalue weighted by molar-refractivity contribution is 6.07. The maximum atomic E-state index is 12.4. The van der Waals surface area contributed by atoms with Crippen LogP contribution in [0.3, 0.4) is 0 Å². The average molecular weight is 356 g/mol. The topological polar surface area (TPSA) is 82.1 Å². The minimum absolute atomic E-state index is 0.219. The molecule has 6 nitrogen and oxygen atoms in total. The quantitative estimate of drug-likeness (QED) is 0.578. The van der Waals surface area contributed by atoms with E-state index in [4.69, 9.17) is 19.3 Å². The van der Waals surface area contributed by atoms with E-state index in [9.17, 15) is 9.59 Å². The Kier molecular flexibility index (Phi) is 6.38. The van der Waals surface area contributed by atoms with E-state index in [1.807, 2.05) is 0 Å². The van der Waals surface area contributed by atoms with Crippen molar-refractivity contribution in [1.29, 1.82) is 0 Å². The van der Waals surface area contributed by atoms with Gasteiger partial charge in [0.05, 0.1) is 27.8 Å². The van der Waals surface area contributed by atoms with Crippen molar-refractivity contribution in [2.24, 2.45) is 0 Å². The lowest BCUT2D eigenvalue weighted by Crippen LogP contribution is -2.04. The molecule has 0 bridgehead atoms. The van der Waals surface area contributed by atoms with Gasteiger partial charge in [0.15, 0.2) is 17.3 Å². The lowest BCUT2D eigenvalue weighted by atomic mass is 10.0. The minimum Gasteiger partial charge on any atom is -0.496 e. The monoisotopic (exact) mass is 356 g/mol. The maximum absolute atomic E-state index is 12.4. The summed E-state index contributed by atoms with van der Waals surface area (Å²) < 4.78 is 15.5. The van der Waals surface area contributed by atoms with Gasteiger partial charge >= 0.3 is 5.97 Å². The summed E-state index contributed by atoms with van der Waals surface area (Å²) in [6, 6.07) is 10.0. The number of carboxylic acid groups (broad SMARTS) is 1. The summed E-state index contributed by atoms with van der Waals surface area (Å²) in [5.41, 5.74) is 1.61. The molecule has 26 heavy (non-hydrogen) atoms. The van der Waals surface area contributed by atoms with Crippen LogP contribution >= 0.6 is 0 Å². The van der Waals surface area contributed by atoms with Crippen LogP contribution in [0.4, 0.5) is 0 Å². The van der Waals surface area contributed by atoms with E-state index < -0.39 is 5.97 Å². The summed E-state index contributed by atoms with van der Waals surface area (Å²) >= 11 is 0. The Hall–Kier alpha value is -3.28. The number of carbonyl (C=O) groups excluding carboxylic acids is 1. The number of benzene rings is 2. The van der Waals surface area contributed by atoms with Crippen molar-refractivity contribution < 1.29 is 28.9 Å². The highest BCUT2D eigenvalue weighted by Crippen LogP contribution is 2.28. The minimum atomic E-state index is -0.992. The molecular weight excluding hydrogens is 336 g/mol. The molecule has 0 amide bonds. The van der Waals surface area contributed by atoms with Gasteiger partial charge in [-0.3, -0.25) is 9.59 Å². The first-order valence-corrected chi connectivity index (χ1v) is 7.81. The van der Waals surface area contributed by atoms with Gasteiger partial charge in [-0.05, 0) is 42.0 Å². The lowest BCUT2D eigenvalue weighted by molar-refractivity contribution is -0.136. The Bertz CT molecular complexity index is 838. The molecule has 0 atom stereocenters. The van der Waals surface area contributed by atoms with Gasteiger partial charge in [-0.2, -0.15) is 0 Å². The fourth-order valence-corrected chi connectivity index (χ4v) is 2.46. The second-order valence-corrected chi connectivity index (χ2v) is 5.41. The van der Waals surface area contributed by atoms with Gasteiger partial charge in [-0.25, -0.2) is 0 Å². The predicted octanol–water partition coefficient (Wildman–Crippen LogP) is 3.24. The zero-order valence-electron chi connectivity index (χ0n) is 14.8. The fourth-order valence-electron chi connectivity index (χ4n) is 2.46. The number of carboxylic acids is 1. The molecule has 136 valence electrons. The van der Waals surface area contributed by atoms with Crippen molar-refractivity contribution in [1.82, 2.24) is 0 Å². The number of hydrogen-bond acceptors (Lipinski definition) is 5. The Labute approximate surface area is 151 Å². The smallest absolute Gasteiger partial charge is 0.307 e. The molecule has 1 N–H and O–H groups in total. The first-order valence-electron chi connectivity index (χ1n) is 7.81.